The third kappa shape index (κ3) is 3.35. The first kappa shape index (κ1) is 14.5. The molecule has 1 fully saturated rings. The molecular formula is C15H27N3O. The standard InChI is InChI=1S/C15H27N3O/c1-4-5-11-6-8-12(9-7-11)13-17-14(19-18-13)15(2,3)10-16/h11-12H,4-10,16H2,1-3H3. The Labute approximate surface area is 116 Å². The van der Waals surface area contributed by atoms with E-state index in [-0.39, 0.29) is 5.41 Å². The SMILES string of the molecule is CCCC1CCC(c2noc(C(C)(C)CN)n2)CC1. The van der Waals surface area contributed by atoms with Gasteiger partial charge in [-0.05, 0) is 45.4 Å². The minimum atomic E-state index is -0.218. The fourth-order valence-corrected chi connectivity index (χ4v) is 2.88. The molecule has 1 aromatic heterocycles. The normalized spacial score (nSPS) is 24.6. The molecule has 0 amide bonds. The Bertz CT molecular complexity index is 392. The maximum Gasteiger partial charge on any atom is 0.233 e. The fourth-order valence-electron chi connectivity index (χ4n) is 2.88. The zero-order chi connectivity index (χ0) is 13.9. The summed E-state index contributed by atoms with van der Waals surface area (Å²) in [6.45, 7) is 6.88. The van der Waals surface area contributed by atoms with E-state index in [1.54, 1.807) is 0 Å². The van der Waals surface area contributed by atoms with E-state index in [1.165, 1.54) is 38.5 Å². The van der Waals surface area contributed by atoms with Crippen LogP contribution in [-0.2, 0) is 5.41 Å². The van der Waals surface area contributed by atoms with Crippen LogP contribution in [0.4, 0.5) is 0 Å². The molecule has 0 aliphatic heterocycles. The number of hydrogen-bond donors (Lipinski definition) is 1. The summed E-state index contributed by atoms with van der Waals surface area (Å²) >= 11 is 0. The molecule has 0 atom stereocenters. The maximum absolute atomic E-state index is 5.75. The van der Waals surface area contributed by atoms with Crippen molar-refractivity contribution in [2.24, 2.45) is 11.7 Å². The molecule has 1 aromatic rings. The van der Waals surface area contributed by atoms with Gasteiger partial charge in [-0.25, -0.2) is 0 Å². The summed E-state index contributed by atoms with van der Waals surface area (Å²) in [5.74, 6) is 2.97. The molecule has 0 saturated heterocycles. The molecule has 2 N–H and O–H groups in total. The summed E-state index contributed by atoms with van der Waals surface area (Å²) in [4.78, 5) is 4.59. The third-order valence-electron chi connectivity index (χ3n) is 4.44. The quantitative estimate of drug-likeness (QED) is 0.886. The molecule has 1 aliphatic carbocycles. The Morgan fingerprint density at radius 3 is 2.53 bits per heavy atom. The summed E-state index contributed by atoms with van der Waals surface area (Å²) in [7, 11) is 0. The number of rotatable bonds is 5. The van der Waals surface area contributed by atoms with Crippen molar-refractivity contribution in [2.75, 3.05) is 6.54 Å². The Morgan fingerprint density at radius 2 is 1.95 bits per heavy atom. The average Bonchev–Trinajstić information content (AvgIpc) is 2.90. The van der Waals surface area contributed by atoms with Crippen LogP contribution in [-0.4, -0.2) is 16.7 Å². The molecule has 0 bridgehead atoms. The number of hydrogen-bond acceptors (Lipinski definition) is 4. The second-order valence-corrected chi connectivity index (χ2v) is 6.55. The highest BCUT2D eigenvalue weighted by Crippen LogP contribution is 2.36. The number of nitrogens with two attached hydrogens (primary N) is 1. The van der Waals surface area contributed by atoms with Crippen LogP contribution in [0.3, 0.4) is 0 Å². The predicted molar refractivity (Wildman–Crippen MR) is 76.0 cm³/mol. The van der Waals surface area contributed by atoms with Gasteiger partial charge in [0.25, 0.3) is 0 Å². The summed E-state index contributed by atoms with van der Waals surface area (Å²) in [6, 6.07) is 0. The Kier molecular flexibility index (Phi) is 4.61. The van der Waals surface area contributed by atoms with Gasteiger partial charge in [-0.3, -0.25) is 0 Å². The van der Waals surface area contributed by atoms with Crippen LogP contribution < -0.4 is 5.73 Å². The molecule has 1 saturated carbocycles. The average molecular weight is 265 g/mol. The van der Waals surface area contributed by atoms with Crippen LogP contribution in [0.2, 0.25) is 0 Å². The third-order valence-corrected chi connectivity index (χ3v) is 4.44. The van der Waals surface area contributed by atoms with E-state index < -0.39 is 0 Å². The lowest BCUT2D eigenvalue weighted by atomic mass is 9.80. The van der Waals surface area contributed by atoms with Crippen molar-refractivity contribution in [2.45, 2.75) is 70.6 Å². The lowest BCUT2D eigenvalue weighted by molar-refractivity contribution is 0.287. The second-order valence-electron chi connectivity index (χ2n) is 6.55. The van der Waals surface area contributed by atoms with Crippen LogP contribution in [0.5, 0.6) is 0 Å². The molecule has 0 aromatic carbocycles. The lowest BCUT2D eigenvalue weighted by Gasteiger charge is -2.26. The van der Waals surface area contributed by atoms with Gasteiger partial charge in [0.1, 0.15) is 0 Å². The number of nitrogens with zero attached hydrogens (tertiary/aromatic N) is 2. The van der Waals surface area contributed by atoms with E-state index in [0.29, 0.717) is 18.4 Å². The Morgan fingerprint density at radius 1 is 1.26 bits per heavy atom. The highest BCUT2D eigenvalue weighted by molar-refractivity contribution is 5.05. The highest BCUT2D eigenvalue weighted by atomic mass is 16.5. The van der Waals surface area contributed by atoms with Gasteiger partial charge in [0.15, 0.2) is 5.82 Å². The first-order chi connectivity index (χ1) is 9.06. The minimum Gasteiger partial charge on any atom is -0.339 e. The maximum atomic E-state index is 5.75. The molecule has 0 spiro atoms. The number of aromatic nitrogens is 2. The van der Waals surface area contributed by atoms with Gasteiger partial charge in [-0.1, -0.05) is 24.9 Å². The molecule has 19 heavy (non-hydrogen) atoms. The molecule has 1 aliphatic rings. The van der Waals surface area contributed by atoms with E-state index in [1.807, 2.05) is 13.8 Å². The van der Waals surface area contributed by atoms with Gasteiger partial charge in [0, 0.05) is 12.5 Å². The first-order valence-corrected chi connectivity index (χ1v) is 7.61. The molecule has 108 valence electrons. The van der Waals surface area contributed by atoms with Crippen LogP contribution >= 0.6 is 0 Å². The summed E-state index contributed by atoms with van der Waals surface area (Å²) in [5.41, 5.74) is 5.53. The van der Waals surface area contributed by atoms with Crippen molar-refractivity contribution in [1.29, 1.82) is 0 Å². The van der Waals surface area contributed by atoms with Crippen LogP contribution in [0.1, 0.15) is 76.9 Å². The molecule has 0 radical (unpaired) electrons. The van der Waals surface area contributed by atoms with Crippen molar-refractivity contribution >= 4 is 0 Å². The van der Waals surface area contributed by atoms with Gasteiger partial charge in [-0.2, -0.15) is 4.98 Å². The van der Waals surface area contributed by atoms with Crippen LogP contribution in [0.15, 0.2) is 4.52 Å². The fraction of sp³-hybridized carbons (Fsp3) is 0.867. The second kappa shape index (κ2) is 6.04. The predicted octanol–water partition coefficient (Wildman–Crippen LogP) is 3.38. The first-order valence-electron chi connectivity index (χ1n) is 7.61. The van der Waals surface area contributed by atoms with Crippen molar-refractivity contribution in [3.8, 4) is 0 Å². The molecular weight excluding hydrogens is 238 g/mol. The zero-order valence-electron chi connectivity index (χ0n) is 12.5. The van der Waals surface area contributed by atoms with E-state index >= 15 is 0 Å². The Balaban J connectivity index is 1.97. The van der Waals surface area contributed by atoms with E-state index in [0.717, 1.165) is 11.7 Å². The summed E-state index contributed by atoms with van der Waals surface area (Å²) in [6.07, 6.45) is 7.68. The smallest absolute Gasteiger partial charge is 0.233 e. The zero-order valence-corrected chi connectivity index (χ0v) is 12.5. The summed E-state index contributed by atoms with van der Waals surface area (Å²) in [5, 5.41) is 4.18. The Hall–Kier alpha value is -0.900. The monoisotopic (exact) mass is 265 g/mol. The molecule has 1 heterocycles. The highest BCUT2D eigenvalue weighted by Gasteiger charge is 2.30. The van der Waals surface area contributed by atoms with Gasteiger partial charge < -0.3 is 10.3 Å². The van der Waals surface area contributed by atoms with Crippen molar-refractivity contribution in [3.05, 3.63) is 11.7 Å². The van der Waals surface area contributed by atoms with Crippen LogP contribution in [0.25, 0.3) is 0 Å². The molecule has 4 nitrogen and oxygen atoms in total. The van der Waals surface area contributed by atoms with Gasteiger partial charge in [0.2, 0.25) is 5.89 Å². The van der Waals surface area contributed by atoms with Crippen LogP contribution in [0, 0.1) is 5.92 Å². The molecule has 2 rings (SSSR count). The van der Waals surface area contributed by atoms with Crippen molar-refractivity contribution in [3.63, 3.8) is 0 Å². The van der Waals surface area contributed by atoms with Gasteiger partial charge >= 0.3 is 0 Å². The van der Waals surface area contributed by atoms with E-state index in [9.17, 15) is 0 Å². The summed E-state index contributed by atoms with van der Waals surface area (Å²) < 4.78 is 5.41. The van der Waals surface area contributed by atoms with E-state index in [4.69, 9.17) is 10.3 Å². The van der Waals surface area contributed by atoms with Gasteiger partial charge in [0.05, 0.1) is 5.41 Å². The van der Waals surface area contributed by atoms with Crippen molar-refractivity contribution in [1.82, 2.24) is 10.1 Å². The largest absolute Gasteiger partial charge is 0.339 e. The molecule has 4 heteroatoms. The lowest BCUT2D eigenvalue weighted by Crippen LogP contribution is -2.28. The van der Waals surface area contributed by atoms with Crippen molar-refractivity contribution < 1.29 is 4.52 Å². The minimum absolute atomic E-state index is 0.218. The van der Waals surface area contributed by atoms with Gasteiger partial charge in [-0.15, -0.1) is 0 Å². The van der Waals surface area contributed by atoms with E-state index in [2.05, 4.69) is 17.1 Å². The topological polar surface area (TPSA) is 64.9 Å². The molecule has 0 unspecified atom stereocenters.